The number of nitrogens with one attached hydrogen (secondary N) is 1. The van der Waals surface area contributed by atoms with Gasteiger partial charge >= 0.3 is 5.97 Å². The topological polar surface area (TPSA) is 337 Å². The van der Waals surface area contributed by atoms with Crippen molar-refractivity contribution in [1.82, 2.24) is 5.32 Å². The van der Waals surface area contributed by atoms with Crippen molar-refractivity contribution in [2.45, 2.75) is 177 Å². The maximum atomic E-state index is 13.5. The Hall–Kier alpha value is -3.48. The van der Waals surface area contributed by atoms with E-state index < -0.39 is 147 Å². The number of allylic oxidation sites excluding steroid dienone is 12. The normalized spacial score (nSPS) is 44.0. The van der Waals surface area contributed by atoms with Crippen LogP contribution in [0.3, 0.4) is 0 Å². The first kappa shape index (κ1) is 58.8. The summed E-state index contributed by atoms with van der Waals surface area (Å²) in [6.07, 6.45) is 4.61. The average molecular weight is 966 g/mol. The molecule has 1 amide bonds. The number of nitrogens with two attached hydrogens (primary N) is 2. The minimum atomic E-state index is -2.27. The van der Waals surface area contributed by atoms with Gasteiger partial charge in [-0.15, -0.1) is 0 Å². The van der Waals surface area contributed by atoms with Gasteiger partial charge in [0.2, 0.25) is 5.91 Å². The molecular weight excluding hydrogens is 887 g/mol. The van der Waals surface area contributed by atoms with Gasteiger partial charge in [0.05, 0.1) is 85.5 Å². The molecule has 2 fully saturated rings. The molecule has 2 saturated heterocycles. The van der Waals surface area contributed by atoms with Crippen molar-refractivity contribution in [3.05, 3.63) is 85.1 Å². The Bertz CT molecular complexity index is 1730. The highest BCUT2D eigenvalue weighted by Crippen LogP contribution is 2.38. The Balaban J connectivity index is 1.91. The van der Waals surface area contributed by atoms with Gasteiger partial charge < -0.3 is 86.8 Å². The van der Waals surface area contributed by atoms with Crippen LogP contribution in [0.5, 0.6) is 0 Å². The zero-order valence-electron chi connectivity index (χ0n) is 39.6. The Labute approximate surface area is 399 Å². The van der Waals surface area contributed by atoms with Crippen LogP contribution >= 0.6 is 0 Å². The molecule has 15 N–H and O–H groups in total. The molecule has 0 aromatic carbocycles. The lowest BCUT2D eigenvalue weighted by Crippen LogP contribution is -2.62. The number of esters is 1. The molecule has 3 rings (SSSR count). The van der Waals surface area contributed by atoms with Crippen molar-refractivity contribution >= 4 is 11.9 Å². The molecule has 2 bridgehead atoms. The lowest BCUT2D eigenvalue weighted by atomic mass is 9.82. The van der Waals surface area contributed by atoms with E-state index in [-0.39, 0.29) is 44.7 Å². The molecule has 0 radical (unpaired) electrons. The number of ether oxygens (including phenoxy) is 4. The number of hydrogen-bond donors (Lipinski definition) is 13. The monoisotopic (exact) mass is 966 g/mol. The third-order valence-corrected chi connectivity index (χ3v) is 12.5. The molecule has 0 unspecified atom stereocenters. The maximum absolute atomic E-state index is 13.5. The average Bonchev–Trinajstić information content (AvgIpc) is 3.26. The molecule has 3 heterocycles. The molecule has 19 nitrogen and oxygen atoms in total. The van der Waals surface area contributed by atoms with Gasteiger partial charge in [0, 0.05) is 50.6 Å². The Morgan fingerprint density at radius 2 is 1.29 bits per heavy atom. The van der Waals surface area contributed by atoms with Crippen molar-refractivity contribution in [1.29, 1.82) is 0 Å². The van der Waals surface area contributed by atoms with Gasteiger partial charge in [-0.05, 0) is 33.1 Å². The summed E-state index contributed by atoms with van der Waals surface area (Å²) in [6, 6.07) is -1.13. The number of cyclic esters (lactones) is 1. The second-order valence-electron chi connectivity index (χ2n) is 18.3. The van der Waals surface area contributed by atoms with Crippen molar-refractivity contribution < 1.29 is 79.6 Å². The van der Waals surface area contributed by atoms with Crippen LogP contribution in [0.2, 0.25) is 0 Å². The van der Waals surface area contributed by atoms with Crippen molar-refractivity contribution in [2.75, 3.05) is 13.1 Å². The van der Waals surface area contributed by atoms with Gasteiger partial charge in [0.1, 0.15) is 12.2 Å². The molecule has 19 heteroatoms. The number of fused-ring (bicyclic) bond motifs is 2. The summed E-state index contributed by atoms with van der Waals surface area (Å²) in [7, 11) is 0. The molecule has 68 heavy (non-hydrogen) atoms. The Morgan fingerprint density at radius 1 is 0.706 bits per heavy atom. The van der Waals surface area contributed by atoms with Gasteiger partial charge in [-0.1, -0.05) is 98.9 Å². The quantitative estimate of drug-likeness (QED) is 0.157. The summed E-state index contributed by atoms with van der Waals surface area (Å²) >= 11 is 0. The third-order valence-electron chi connectivity index (χ3n) is 12.5. The second-order valence-corrected chi connectivity index (χ2v) is 18.3. The smallest absolute Gasteiger partial charge is 0.308 e. The van der Waals surface area contributed by atoms with E-state index in [0.717, 1.165) is 0 Å². The van der Waals surface area contributed by atoms with E-state index in [1.807, 2.05) is 37.3 Å². The highest BCUT2D eigenvalue weighted by molar-refractivity contribution is 5.80. The fraction of sp³-hybridized carbons (Fsp3) is 0.673. The minimum absolute atomic E-state index is 0.0628. The number of amides is 1. The van der Waals surface area contributed by atoms with Gasteiger partial charge in [0.15, 0.2) is 12.1 Å². The largest absolute Gasteiger partial charge is 0.462 e. The number of aliphatic hydroxyl groups is 10. The van der Waals surface area contributed by atoms with Crippen LogP contribution in [-0.4, -0.2) is 174 Å². The van der Waals surface area contributed by atoms with Crippen LogP contribution in [0.25, 0.3) is 0 Å². The van der Waals surface area contributed by atoms with Crippen LogP contribution < -0.4 is 16.8 Å². The number of rotatable bonds is 5. The zero-order valence-corrected chi connectivity index (χ0v) is 39.6. The van der Waals surface area contributed by atoms with E-state index in [1.165, 1.54) is 0 Å². The summed E-state index contributed by atoms with van der Waals surface area (Å²) in [5.41, 5.74) is 11.7. The second kappa shape index (κ2) is 29.6. The molecule has 386 valence electrons. The number of hydrogen-bond acceptors (Lipinski definition) is 18. The van der Waals surface area contributed by atoms with Crippen LogP contribution in [0, 0.1) is 17.8 Å². The van der Waals surface area contributed by atoms with Gasteiger partial charge in [-0.2, -0.15) is 0 Å². The summed E-state index contributed by atoms with van der Waals surface area (Å²) in [5.74, 6) is -5.65. The standard InChI is InChI=1S/C49H79N3O16/c1-29-17-15-13-11-9-7-5-6-8-10-12-14-16-18-36(67-48-46(62)43(51)45(61)32(4)66-48)26-40-42(47(63)52-22-21-50)39(58)28-49(64,68-40)27-35(55)24-38(57)37(56)20-19-33(53)23-34(54)25-41(59)65-31(3)30(2)44(29)60/h5-18,29-40,42-46,48,53-58,60-62,64H,19-28,50-51H2,1-4H3,(H,52,63)/b6-5-,9-7-,10-8-,13-11-,14-12-,17-15-,18-16+/t29-,30-,31-,32+,33+,34+,35-,36-,37+,38+,39-,40-,42+,43-,44+,45+,46-,48-,49+/m0/s1. The van der Waals surface area contributed by atoms with Gasteiger partial charge in [-0.3, -0.25) is 9.59 Å². The van der Waals surface area contributed by atoms with E-state index in [0.29, 0.717) is 0 Å². The molecule has 0 aromatic heterocycles. The zero-order chi connectivity index (χ0) is 50.6. The SMILES string of the molecule is C[C@@H]1[C@H](O)[C@@H](C)\C=C/C=C\C=C/C=C\C=C/C=C\C=C\[C@H](O[C@@H]2O[C@H](C)[C@@H](O)[C@H](N)[C@@H]2O)C[C@@H]2O[C@](O)(C[C@@H](O)C[C@@H](O)[C@H](O)CC[C@@H](O)C[C@@H](O)CC(=O)O[C@H]1C)C[C@H](O)[C@H]2C(=O)NCCN. The number of carbonyl (C=O) groups excluding carboxylic acids is 2. The highest BCUT2D eigenvalue weighted by atomic mass is 16.7. The highest BCUT2D eigenvalue weighted by Gasteiger charge is 2.51. The molecule has 0 aliphatic carbocycles. The van der Waals surface area contributed by atoms with E-state index in [2.05, 4.69) is 5.32 Å². The fourth-order valence-corrected chi connectivity index (χ4v) is 8.30. The first-order valence-electron chi connectivity index (χ1n) is 23.6. The van der Waals surface area contributed by atoms with Crippen molar-refractivity contribution in [2.24, 2.45) is 29.2 Å². The summed E-state index contributed by atoms with van der Waals surface area (Å²) in [6.45, 7) is 6.94. The van der Waals surface area contributed by atoms with Crippen molar-refractivity contribution in [3.63, 3.8) is 0 Å². The predicted octanol–water partition coefficient (Wildman–Crippen LogP) is -0.298. The summed E-state index contributed by atoms with van der Waals surface area (Å²) in [4.78, 5) is 26.2. The van der Waals surface area contributed by atoms with Crippen molar-refractivity contribution in [3.8, 4) is 0 Å². The first-order valence-corrected chi connectivity index (χ1v) is 23.6. The van der Waals surface area contributed by atoms with Crippen LogP contribution in [-0.2, 0) is 28.5 Å². The minimum Gasteiger partial charge on any atom is -0.462 e. The molecule has 3 aliphatic rings. The molecular formula is C49H79N3O16. The number of carbonyl (C=O) groups is 2. The molecule has 3 aliphatic heterocycles. The van der Waals surface area contributed by atoms with Crippen LogP contribution in [0.4, 0.5) is 0 Å². The number of aliphatic hydroxyl groups excluding tert-OH is 9. The molecule has 0 aromatic rings. The van der Waals surface area contributed by atoms with E-state index in [9.17, 15) is 60.7 Å². The molecule has 19 atom stereocenters. The van der Waals surface area contributed by atoms with Crippen LogP contribution in [0.1, 0.15) is 79.1 Å². The fourth-order valence-electron chi connectivity index (χ4n) is 8.30. The lowest BCUT2D eigenvalue weighted by molar-refractivity contribution is -0.307. The first-order chi connectivity index (χ1) is 32.2. The third kappa shape index (κ3) is 19.7. The lowest BCUT2D eigenvalue weighted by Gasteiger charge is -2.46. The van der Waals surface area contributed by atoms with E-state index in [4.69, 9.17) is 30.4 Å². The molecule has 0 spiro atoms. The van der Waals surface area contributed by atoms with E-state index >= 15 is 0 Å². The van der Waals surface area contributed by atoms with Crippen LogP contribution in [0.15, 0.2) is 85.1 Å². The Kier molecular flexibility index (Phi) is 25.6. The molecule has 0 saturated carbocycles. The summed E-state index contributed by atoms with van der Waals surface area (Å²) < 4.78 is 23.6. The Morgan fingerprint density at radius 3 is 1.90 bits per heavy atom. The van der Waals surface area contributed by atoms with Gasteiger partial charge in [-0.25, -0.2) is 0 Å². The predicted molar refractivity (Wildman–Crippen MR) is 251 cm³/mol. The maximum Gasteiger partial charge on any atom is 0.308 e. The van der Waals surface area contributed by atoms with Gasteiger partial charge in [0.25, 0.3) is 0 Å². The summed E-state index contributed by atoms with van der Waals surface area (Å²) in [5, 5.41) is 112. The van der Waals surface area contributed by atoms with E-state index in [1.54, 1.807) is 75.5 Å².